The first-order valence-electron chi connectivity index (χ1n) is 8.10. The van der Waals surface area contributed by atoms with Crippen molar-refractivity contribution in [1.29, 1.82) is 0 Å². The minimum Gasteiger partial charge on any atom is -0.465 e. The van der Waals surface area contributed by atoms with Gasteiger partial charge in [0.2, 0.25) is 0 Å². The number of methoxy groups -OCH3 is 1. The highest BCUT2D eigenvalue weighted by molar-refractivity contribution is 7.71. The molecule has 0 spiro atoms. The van der Waals surface area contributed by atoms with Gasteiger partial charge in [0.15, 0.2) is 4.77 Å². The molecule has 0 aliphatic carbocycles. The average molecular weight is 369 g/mol. The van der Waals surface area contributed by atoms with E-state index < -0.39 is 5.97 Å². The van der Waals surface area contributed by atoms with Crippen molar-refractivity contribution < 1.29 is 9.53 Å². The number of carbonyl (C=O) groups is 1. The van der Waals surface area contributed by atoms with Crippen LogP contribution in [0.4, 0.5) is 0 Å². The van der Waals surface area contributed by atoms with Gasteiger partial charge in [-0.1, -0.05) is 29.3 Å². The molecule has 2 aromatic heterocycles. The Morgan fingerprint density at radius 2 is 1.85 bits per heavy atom. The Labute approximate surface area is 155 Å². The Kier molecular flexibility index (Phi) is 4.73. The lowest BCUT2D eigenvalue weighted by atomic mass is 10.1. The van der Waals surface area contributed by atoms with Gasteiger partial charge in [-0.3, -0.25) is 9.36 Å². The lowest BCUT2D eigenvalue weighted by molar-refractivity contribution is 0.0602. The molecule has 0 amide bonds. The standard InChI is InChI=1S/C19H19N3O3S/c1-10-5-11(2)7-13(6-10)9-22-17(23)15-14(18(24)25-4)8-12(3)20-16(15)21-19(22)26/h5-8H,9H2,1-4H3,(H,20,21,26). The Balaban J connectivity index is 2.27. The summed E-state index contributed by atoms with van der Waals surface area (Å²) in [5, 5.41) is 0.181. The SMILES string of the molecule is COC(=O)c1cc(C)nc2[nH]c(=S)n(Cc3cc(C)cc(C)c3)c(=O)c12. The van der Waals surface area contributed by atoms with Crippen molar-refractivity contribution in [2.24, 2.45) is 0 Å². The number of aromatic amines is 1. The van der Waals surface area contributed by atoms with E-state index in [1.807, 2.05) is 26.0 Å². The quantitative estimate of drug-likeness (QED) is 0.567. The third-order valence-electron chi connectivity index (χ3n) is 4.10. The van der Waals surface area contributed by atoms with Crippen LogP contribution in [0.3, 0.4) is 0 Å². The number of nitrogens with one attached hydrogen (secondary N) is 1. The molecule has 0 saturated carbocycles. The average Bonchev–Trinajstić information content (AvgIpc) is 2.56. The first-order chi connectivity index (χ1) is 12.3. The molecule has 2 heterocycles. The Morgan fingerprint density at radius 3 is 2.46 bits per heavy atom. The lowest BCUT2D eigenvalue weighted by Gasteiger charge is -2.11. The number of benzene rings is 1. The molecule has 3 aromatic rings. The van der Waals surface area contributed by atoms with E-state index in [1.165, 1.54) is 11.7 Å². The highest BCUT2D eigenvalue weighted by Crippen LogP contribution is 2.16. The molecule has 6 nitrogen and oxygen atoms in total. The van der Waals surface area contributed by atoms with Gasteiger partial charge in [-0.25, -0.2) is 9.78 Å². The van der Waals surface area contributed by atoms with E-state index >= 15 is 0 Å². The third-order valence-corrected chi connectivity index (χ3v) is 4.43. The van der Waals surface area contributed by atoms with Gasteiger partial charge in [0.1, 0.15) is 5.65 Å². The molecule has 134 valence electrons. The zero-order chi connectivity index (χ0) is 19.0. The van der Waals surface area contributed by atoms with Crippen LogP contribution in [0.1, 0.15) is 32.7 Å². The second-order valence-electron chi connectivity index (χ2n) is 6.34. The summed E-state index contributed by atoms with van der Waals surface area (Å²) in [7, 11) is 1.28. The minimum atomic E-state index is -0.582. The molecular weight excluding hydrogens is 350 g/mol. The summed E-state index contributed by atoms with van der Waals surface area (Å²) in [5.41, 5.74) is 3.87. The van der Waals surface area contributed by atoms with Gasteiger partial charge >= 0.3 is 5.97 Å². The summed E-state index contributed by atoms with van der Waals surface area (Å²) in [5.74, 6) is -0.582. The number of aromatic nitrogens is 3. The van der Waals surface area contributed by atoms with E-state index in [0.717, 1.165) is 16.7 Å². The molecular formula is C19H19N3O3S. The molecule has 1 aromatic carbocycles. The van der Waals surface area contributed by atoms with Crippen LogP contribution in [0.15, 0.2) is 29.1 Å². The van der Waals surface area contributed by atoms with E-state index in [2.05, 4.69) is 16.0 Å². The maximum atomic E-state index is 13.1. The number of hydrogen-bond acceptors (Lipinski definition) is 5. The normalized spacial score (nSPS) is 10.9. The molecule has 7 heteroatoms. The second-order valence-corrected chi connectivity index (χ2v) is 6.73. The van der Waals surface area contributed by atoms with Crippen molar-refractivity contribution >= 4 is 29.2 Å². The number of fused-ring (bicyclic) bond motifs is 1. The van der Waals surface area contributed by atoms with Crippen molar-refractivity contribution in [3.8, 4) is 0 Å². The fraction of sp³-hybridized carbons (Fsp3) is 0.263. The predicted octanol–water partition coefficient (Wildman–Crippen LogP) is 3.21. The van der Waals surface area contributed by atoms with Crippen molar-refractivity contribution in [1.82, 2.24) is 14.5 Å². The number of nitrogens with zero attached hydrogens (tertiary/aromatic N) is 2. The predicted molar refractivity (Wildman–Crippen MR) is 102 cm³/mol. The number of aryl methyl sites for hydroxylation is 3. The highest BCUT2D eigenvalue weighted by atomic mass is 32.1. The minimum absolute atomic E-state index is 0.181. The van der Waals surface area contributed by atoms with Crippen molar-refractivity contribution in [3.05, 3.63) is 67.3 Å². The number of pyridine rings is 1. The number of H-pyrrole nitrogens is 1. The van der Waals surface area contributed by atoms with Crippen LogP contribution in [-0.2, 0) is 11.3 Å². The fourth-order valence-corrected chi connectivity index (χ4v) is 3.38. The molecule has 0 saturated heterocycles. The summed E-state index contributed by atoms with van der Waals surface area (Å²) in [6.07, 6.45) is 0. The molecule has 0 aliphatic heterocycles. The van der Waals surface area contributed by atoms with Gasteiger partial charge in [-0.05, 0) is 44.6 Å². The van der Waals surface area contributed by atoms with Crippen LogP contribution in [0, 0.1) is 25.5 Å². The van der Waals surface area contributed by atoms with Gasteiger partial charge in [-0.2, -0.15) is 0 Å². The Hall–Kier alpha value is -2.80. The maximum absolute atomic E-state index is 13.1. The summed E-state index contributed by atoms with van der Waals surface area (Å²) < 4.78 is 6.52. The molecule has 3 rings (SSSR count). The summed E-state index contributed by atoms with van der Waals surface area (Å²) >= 11 is 5.36. The van der Waals surface area contributed by atoms with Crippen LogP contribution in [-0.4, -0.2) is 27.6 Å². The van der Waals surface area contributed by atoms with Crippen molar-refractivity contribution in [3.63, 3.8) is 0 Å². The fourth-order valence-electron chi connectivity index (χ4n) is 3.13. The third kappa shape index (κ3) is 3.30. The van der Waals surface area contributed by atoms with Crippen LogP contribution in [0.25, 0.3) is 11.0 Å². The van der Waals surface area contributed by atoms with Crippen LogP contribution in [0.5, 0.6) is 0 Å². The lowest BCUT2D eigenvalue weighted by Crippen LogP contribution is -2.25. The molecule has 0 radical (unpaired) electrons. The monoisotopic (exact) mass is 369 g/mol. The van der Waals surface area contributed by atoms with E-state index in [9.17, 15) is 9.59 Å². The number of hydrogen-bond donors (Lipinski definition) is 1. The smallest absolute Gasteiger partial charge is 0.338 e. The topological polar surface area (TPSA) is 77.0 Å². The van der Waals surface area contributed by atoms with Crippen LogP contribution < -0.4 is 5.56 Å². The van der Waals surface area contributed by atoms with Gasteiger partial charge < -0.3 is 9.72 Å². The first kappa shape index (κ1) is 18.0. The Morgan fingerprint density at radius 1 is 1.19 bits per heavy atom. The van der Waals surface area contributed by atoms with E-state index in [-0.39, 0.29) is 26.9 Å². The number of carbonyl (C=O) groups excluding carboxylic acids is 1. The number of rotatable bonds is 3. The summed E-state index contributed by atoms with van der Waals surface area (Å²) in [6, 6.07) is 7.63. The van der Waals surface area contributed by atoms with E-state index in [4.69, 9.17) is 17.0 Å². The summed E-state index contributed by atoms with van der Waals surface area (Å²) in [4.78, 5) is 32.5. The second kappa shape index (κ2) is 6.84. The van der Waals surface area contributed by atoms with Crippen molar-refractivity contribution in [2.75, 3.05) is 7.11 Å². The number of ether oxygens (including phenoxy) is 1. The zero-order valence-corrected chi connectivity index (χ0v) is 15.9. The first-order valence-corrected chi connectivity index (χ1v) is 8.51. The van der Waals surface area contributed by atoms with Crippen molar-refractivity contribution in [2.45, 2.75) is 27.3 Å². The zero-order valence-electron chi connectivity index (χ0n) is 15.0. The summed E-state index contributed by atoms with van der Waals surface area (Å²) in [6.45, 7) is 6.05. The maximum Gasteiger partial charge on any atom is 0.338 e. The largest absolute Gasteiger partial charge is 0.465 e. The molecule has 0 fully saturated rings. The van der Waals surface area contributed by atoms with Gasteiger partial charge in [0.05, 0.1) is 24.6 Å². The molecule has 0 atom stereocenters. The van der Waals surface area contributed by atoms with E-state index in [0.29, 0.717) is 12.2 Å². The van der Waals surface area contributed by atoms with Gasteiger partial charge in [0.25, 0.3) is 5.56 Å². The van der Waals surface area contributed by atoms with Gasteiger partial charge in [-0.15, -0.1) is 0 Å². The molecule has 0 unspecified atom stereocenters. The van der Waals surface area contributed by atoms with Gasteiger partial charge in [0, 0.05) is 5.69 Å². The molecule has 26 heavy (non-hydrogen) atoms. The van der Waals surface area contributed by atoms with Crippen LogP contribution >= 0.6 is 12.2 Å². The highest BCUT2D eigenvalue weighted by Gasteiger charge is 2.18. The molecule has 0 bridgehead atoms. The Bertz CT molecular complexity index is 1120. The molecule has 0 aliphatic rings. The molecule has 1 N–H and O–H groups in total. The van der Waals surface area contributed by atoms with E-state index in [1.54, 1.807) is 13.0 Å². The number of esters is 1. The van der Waals surface area contributed by atoms with Crippen LogP contribution in [0.2, 0.25) is 0 Å².